The number of carboxylic acid groups (broad SMARTS) is 1. The number of aromatic hydroxyl groups is 1. The minimum Gasteiger partial charge on any atom is -0.506 e. The monoisotopic (exact) mass is 327 g/mol. The molecule has 0 saturated carbocycles. The first-order chi connectivity index (χ1) is 11.6. The Hall–Kier alpha value is -3.22. The quantitative estimate of drug-likeness (QED) is 0.556. The lowest BCUT2D eigenvalue weighted by atomic mass is 10.1. The van der Waals surface area contributed by atoms with Crippen molar-refractivity contribution >= 4 is 17.0 Å². The highest BCUT2D eigenvalue weighted by molar-refractivity contribution is 5.83. The molecular formula is C17H17N3O4. The molecule has 2 heterocycles. The van der Waals surface area contributed by atoms with Crippen LogP contribution in [-0.2, 0) is 6.42 Å². The predicted octanol–water partition coefficient (Wildman–Crippen LogP) is 2.53. The Morgan fingerprint density at radius 1 is 1.33 bits per heavy atom. The van der Waals surface area contributed by atoms with Crippen LogP contribution < -0.4 is 10.1 Å². The number of H-pyrrole nitrogens is 1. The van der Waals surface area contributed by atoms with Crippen molar-refractivity contribution in [3.63, 3.8) is 0 Å². The Bertz CT molecular complexity index is 846. The van der Waals surface area contributed by atoms with Crippen LogP contribution in [0, 0.1) is 0 Å². The van der Waals surface area contributed by atoms with Crippen molar-refractivity contribution in [1.29, 1.82) is 0 Å². The van der Waals surface area contributed by atoms with Gasteiger partial charge in [0.1, 0.15) is 18.1 Å². The molecule has 0 aliphatic heterocycles. The fourth-order valence-corrected chi connectivity index (χ4v) is 2.58. The van der Waals surface area contributed by atoms with Gasteiger partial charge in [0.25, 0.3) is 0 Å². The number of para-hydroxylation sites is 1. The molecule has 0 radical (unpaired) electrons. The number of rotatable bonds is 6. The lowest BCUT2D eigenvalue weighted by molar-refractivity contribution is 0.180. The maximum Gasteiger partial charge on any atom is 0.405 e. The molecule has 3 aromatic rings. The Kier molecular flexibility index (Phi) is 4.51. The summed E-state index contributed by atoms with van der Waals surface area (Å²) in [6, 6.07) is 8.81. The van der Waals surface area contributed by atoms with Gasteiger partial charge in [0.05, 0.1) is 18.4 Å². The molecule has 124 valence electrons. The van der Waals surface area contributed by atoms with Crippen LogP contribution in [-0.4, -0.2) is 38.9 Å². The summed E-state index contributed by atoms with van der Waals surface area (Å²) >= 11 is 0. The first-order valence-electron chi connectivity index (χ1n) is 7.43. The molecule has 7 nitrogen and oxygen atoms in total. The zero-order chi connectivity index (χ0) is 16.9. The van der Waals surface area contributed by atoms with E-state index < -0.39 is 12.1 Å². The lowest BCUT2D eigenvalue weighted by Gasteiger charge is -2.17. The summed E-state index contributed by atoms with van der Waals surface area (Å²) in [5.41, 5.74) is 2.00. The van der Waals surface area contributed by atoms with Crippen molar-refractivity contribution in [3.8, 4) is 11.5 Å². The summed E-state index contributed by atoms with van der Waals surface area (Å²) in [5, 5.41) is 21.9. The zero-order valence-electron chi connectivity index (χ0n) is 12.8. The SMILES string of the molecule is O=C(O)N[C@H](COc1cncc(O)c1)Cc1c[nH]c2ccccc12. The van der Waals surface area contributed by atoms with E-state index >= 15 is 0 Å². The molecule has 0 aliphatic carbocycles. The molecule has 0 aliphatic rings. The third-order valence-corrected chi connectivity index (χ3v) is 3.62. The molecule has 0 fully saturated rings. The number of pyridine rings is 1. The van der Waals surface area contributed by atoms with Gasteiger partial charge < -0.3 is 25.3 Å². The molecule has 7 heteroatoms. The molecule has 0 unspecified atom stereocenters. The van der Waals surface area contributed by atoms with Crippen molar-refractivity contribution in [2.45, 2.75) is 12.5 Å². The van der Waals surface area contributed by atoms with E-state index in [1.807, 2.05) is 30.5 Å². The number of aromatic amines is 1. The van der Waals surface area contributed by atoms with Gasteiger partial charge in [-0.1, -0.05) is 18.2 Å². The normalized spacial score (nSPS) is 12.0. The van der Waals surface area contributed by atoms with Crippen molar-refractivity contribution in [1.82, 2.24) is 15.3 Å². The Balaban J connectivity index is 1.73. The van der Waals surface area contributed by atoms with Crippen molar-refractivity contribution < 1.29 is 19.7 Å². The summed E-state index contributed by atoms with van der Waals surface area (Å²) < 4.78 is 5.55. The summed E-state index contributed by atoms with van der Waals surface area (Å²) in [5.74, 6) is 0.373. The van der Waals surface area contributed by atoms with Crippen LogP contribution >= 0.6 is 0 Å². The van der Waals surface area contributed by atoms with Crippen LogP contribution in [0.5, 0.6) is 11.5 Å². The van der Waals surface area contributed by atoms with E-state index in [1.165, 1.54) is 18.5 Å². The Morgan fingerprint density at radius 2 is 2.17 bits per heavy atom. The number of hydrogen-bond donors (Lipinski definition) is 4. The third kappa shape index (κ3) is 3.75. The Morgan fingerprint density at radius 3 is 2.96 bits per heavy atom. The first-order valence-corrected chi connectivity index (χ1v) is 7.43. The molecule has 0 saturated heterocycles. The Labute approximate surface area is 137 Å². The molecule has 4 N–H and O–H groups in total. The van der Waals surface area contributed by atoms with Gasteiger partial charge >= 0.3 is 6.09 Å². The number of benzene rings is 1. The summed E-state index contributed by atoms with van der Waals surface area (Å²) in [7, 11) is 0. The standard InChI is InChI=1S/C17H17N3O4/c21-13-6-14(9-18-8-13)24-10-12(20-17(22)23)5-11-7-19-16-4-2-1-3-15(11)16/h1-4,6-9,12,19-21H,5,10H2,(H,22,23)/t12-/m0/s1. The van der Waals surface area contributed by atoms with Gasteiger partial charge in [-0.25, -0.2) is 4.79 Å². The summed E-state index contributed by atoms with van der Waals surface area (Å²) in [4.78, 5) is 18.0. The predicted molar refractivity (Wildman–Crippen MR) is 88.3 cm³/mol. The van der Waals surface area contributed by atoms with E-state index in [1.54, 1.807) is 0 Å². The number of aromatic nitrogens is 2. The number of ether oxygens (including phenoxy) is 1. The minimum absolute atomic E-state index is 0.00753. The topological polar surface area (TPSA) is 107 Å². The van der Waals surface area contributed by atoms with Crippen LogP contribution in [0.2, 0.25) is 0 Å². The van der Waals surface area contributed by atoms with Crippen LogP contribution in [0.15, 0.2) is 48.9 Å². The second-order valence-corrected chi connectivity index (χ2v) is 5.40. The minimum atomic E-state index is -1.11. The highest BCUT2D eigenvalue weighted by Gasteiger charge is 2.16. The molecule has 24 heavy (non-hydrogen) atoms. The van der Waals surface area contributed by atoms with Gasteiger partial charge in [0.2, 0.25) is 0 Å². The molecular weight excluding hydrogens is 310 g/mol. The van der Waals surface area contributed by atoms with E-state index in [0.29, 0.717) is 12.2 Å². The number of nitrogens with zero attached hydrogens (tertiary/aromatic N) is 1. The molecule has 0 spiro atoms. The van der Waals surface area contributed by atoms with E-state index in [2.05, 4.69) is 15.3 Å². The van der Waals surface area contributed by atoms with Crippen LogP contribution in [0.4, 0.5) is 4.79 Å². The van der Waals surface area contributed by atoms with Gasteiger partial charge in [0, 0.05) is 23.2 Å². The third-order valence-electron chi connectivity index (χ3n) is 3.62. The molecule has 1 aromatic carbocycles. The van der Waals surface area contributed by atoms with Crippen molar-refractivity contribution in [2.75, 3.05) is 6.61 Å². The van der Waals surface area contributed by atoms with E-state index in [0.717, 1.165) is 16.5 Å². The van der Waals surface area contributed by atoms with Gasteiger partial charge in [-0.05, 0) is 18.1 Å². The molecule has 1 amide bonds. The van der Waals surface area contributed by atoms with E-state index in [-0.39, 0.29) is 12.4 Å². The maximum absolute atomic E-state index is 11.0. The van der Waals surface area contributed by atoms with Crippen LogP contribution in [0.1, 0.15) is 5.56 Å². The maximum atomic E-state index is 11.0. The highest BCUT2D eigenvalue weighted by atomic mass is 16.5. The van der Waals surface area contributed by atoms with Crippen LogP contribution in [0.3, 0.4) is 0 Å². The number of fused-ring (bicyclic) bond motifs is 1. The van der Waals surface area contributed by atoms with Gasteiger partial charge in [-0.15, -0.1) is 0 Å². The average molecular weight is 327 g/mol. The number of nitrogens with one attached hydrogen (secondary N) is 2. The number of carbonyl (C=O) groups is 1. The lowest BCUT2D eigenvalue weighted by Crippen LogP contribution is -2.39. The van der Waals surface area contributed by atoms with E-state index in [4.69, 9.17) is 9.84 Å². The first kappa shape index (κ1) is 15.7. The van der Waals surface area contributed by atoms with Gasteiger partial charge in [-0.2, -0.15) is 0 Å². The zero-order valence-corrected chi connectivity index (χ0v) is 12.8. The van der Waals surface area contributed by atoms with Gasteiger partial charge in [-0.3, -0.25) is 4.98 Å². The fourth-order valence-electron chi connectivity index (χ4n) is 2.58. The van der Waals surface area contributed by atoms with Crippen molar-refractivity contribution in [3.05, 3.63) is 54.5 Å². The molecule has 2 aromatic heterocycles. The van der Waals surface area contributed by atoms with Crippen LogP contribution in [0.25, 0.3) is 10.9 Å². The van der Waals surface area contributed by atoms with Crippen molar-refractivity contribution in [2.24, 2.45) is 0 Å². The highest BCUT2D eigenvalue weighted by Crippen LogP contribution is 2.20. The second-order valence-electron chi connectivity index (χ2n) is 5.40. The largest absolute Gasteiger partial charge is 0.506 e. The number of amides is 1. The molecule has 0 bridgehead atoms. The summed E-state index contributed by atoms with van der Waals surface area (Å²) in [6.07, 6.45) is 3.99. The summed E-state index contributed by atoms with van der Waals surface area (Å²) in [6.45, 7) is 0.122. The molecule has 3 rings (SSSR count). The average Bonchev–Trinajstić information content (AvgIpc) is 2.95. The number of hydrogen-bond acceptors (Lipinski definition) is 4. The smallest absolute Gasteiger partial charge is 0.405 e. The second kappa shape index (κ2) is 6.91. The van der Waals surface area contributed by atoms with Gasteiger partial charge in [0.15, 0.2) is 0 Å². The fraction of sp³-hybridized carbons (Fsp3) is 0.176. The molecule has 1 atom stereocenters. The van der Waals surface area contributed by atoms with E-state index in [9.17, 15) is 9.90 Å².